The molecule has 0 saturated heterocycles. The molecule has 1 aliphatic heterocycles. The van der Waals surface area contributed by atoms with Crippen molar-refractivity contribution >= 4 is 23.6 Å². The van der Waals surface area contributed by atoms with Gasteiger partial charge in [-0.3, -0.25) is 4.79 Å². The van der Waals surface area contributed by atoms with E-state index < -0.39 is 5.97 Å². The fourth-order valence-corrected chi connectivity index (χ4v) is 2.77. The first-order chi connectivity index (χ1) is 12.2. The van der Waals surface area contributed by atoms with Crippen LogP contribution in [-0.2, 0) is 20.7 Å². The van der Waals surface area contributed by atoms with Crippen LogP contribution in [0.25, 0.3) is 6.08 Å². The minimum atomic E-state index is -0.552. The molecule has 0 spiro atoms. The predicted octanol–water partition coefficient (Wildman–Crippen LogP) is 2.84. The highest BCUT2D eigenvalue weighted by Crippen LogP contribution is 2.27. The van der Waals surface area contributed by atoms with Gasteiger partial charge in [0.15, 0.2) is 6.61 Å². The minimum absolute atomic E-state index is 0.215. The van der Waals surface area contributed by atoms with Crippen LogP contribution in [0.4, 0.5) is 5.69 Å². The van der Waals surface area contributed by atoms with E-state index in [1.54, 1.807) is 24.2 Å². The van der Waals surface area contributed by atoms with Crippen LogP contribution in [0, 0.1) is 0 Å². The maximum Gasteiger partial charge on any atom is 0.331 e. The lowest BCUT2D eigenvalue weighted by molar-refractivity contribution is -0.142. The number of methoxy groups -OCH3 is 1. The Labute approximate surface area is 146 Å². The smallest absolute Gasteiger partial charge is 0.331 e. The highest BCUT2D eigenvalue weighted by Gasteiger charge is 2.24. The fraction of sp³-hybridized carbons (Fsp3) is 0.200. The number of ether oxygens (including phenoxy) is 2. The normalized spacial score (nSPS) is 12.9. The zero-order valence-electron chi connectivity index (χ0n) is 14.0. The molecular weight excluding hydrogens is 318 g/mol. The van der Waals surface area contributed by atoms with Gasteiger partial charge in [-0.1, -0.05) is 30.3 Å². The number of para-hydroxylation sites is 1. The molecule has 1 amide bonds. The van der Waals surface area contributed by atoms with Gasteiger partial charge in [-0.05, 0) is 41.8 Å². The molecule has 0 aromatic heterocycles. The van der Waals surface area contributed by atoms with Gasteiger partial charge in [-0.15, -0.1) is 0 Å². The number of hydrogen-bond donors (Lipinski definition) is 0. The largest absolute Gasteiger partial charge is 0.497 e. The van der Waals surface area contributed by atoms with E-state index in [9.17, 15) is 9.59 Å². The highest BCUT2D eigenvalue weighted by atomic mass is 16.5. The van der Waals surface area contributed by atoms with Gasteiger partial charge in [0.2, 0.25) is 0 Å². The number of esters is 1. The van der Waals surface area contributed by atoms with Gasteiger partial charge < -0.3 is 14.4 Å². The Hall–Kier alpha value is -3.08. The van der Waals surface area contributed by atoms with Crippen molar-refractivity contribution in [3.63, 3.8) is 0 Å². The number of amides is 1. The maximum absolute atomic E-state index is 12.3. The Balaban J connectivity index is 1.54. The molecule has 25 heavy (non-hydrogen) atoms. The molecule has 128 valence electrons. The molecule has 5 heteroatoms. The quantitative estimate of drug-likeness (QED) is 0.622. The van der Waals surface area contributed by atoms with Crippen molar-refractivity contribution in [3.05, 3.63) is 65.7 Å². The number of benzene rings is 2. The second-order valence-electron chi connectivity index (χ2n) is 5.64. The molecule has 0 bridgehead atoms. The predicted molar refractivity (Wildman–Crippen MR) is 95.5 cm³/mol. The minimum Gasteiger partial charge on any atom is -0.497 e. The third kappa shape index (κ3) is 4.07. The summed E-state index contributed by atoms with van der Waals surface area (Å²) in [7, 11) is 1.58. The second kappa shape index (κ2) is 7.66. The first-order valence-corrected chi connectivity index (χ1v) is 8.04. The van der Waals surface area contributed by atoms with Gasteiger partial charge in [0.25, 0.3) is 5.91 Å². The SMILES string of the molecule is COc1cccc(C=CC(=O)OCC(=O)N2CCc3ccccc32)c1. The molecule has 1 heterocycles. The van der Waals surface area contributed by atoms with E-state index in [1.165, 1.54) is 6.08 Å². The molecule has 0 unspecified atom stereocenters. The van der Waals surface area contributed by atoms with Gasteiger partial charge in [0.05, 0.1) is 7.11 Å². The van der Waals surface area contributed by atoms with Crippen LogP contribution in [0.3, 0.4) is 0 Å². The zero-order valence-corrected chi connectivity index (χ0v) is 14.0. The van der Waals surface area contributed by atoms with E-state index in [-0.39, 0.29) is 12.5 Å². The summed E-state index contributed by atoms with van der Waals surface area (Å²) in [6.45, 7) is 0.352. The molecule has 0 aliphatic carbocycles. The molecule has 0 N–H and O–H groups in total. The van der Waals surface area contributed by atoms with Gasteiger partial charge in [-0.25, -0.2) is 4.79 Å². The van der Waals surface area contributed by atoms with Crippen molar-refractivity contribution in [3.8, 4) is 5.75 Å². The van der Waals surface area contributed by atoms with Gasteiger partial charge in [0.1, 0.15) is 5.75 Å². The molecule has 3 rings (SSSR count). The Kier molecular flexibility index (Phi) is 5.14. The molecule has 0 radical (unpaired) electrons. The number of hydrogen-bond acceptors (Lipinski definition) is 4. The highest BCUT2D eigenvalue weighted by molar-refractivity contribution is 5.98. The summed E-state index contributed by atoms with van der Waals surface area (Å²) in [5.74, 6) is -0.0601. The van der Waals surface area contributed by atoms with Crippen LogP contribution in [0.2, 0.25) is 0 Å². The average molecular weight is 337 g/mol. The molecule has 1 aliphatic rings. The van der Waals surface area contributed by atoms with Crippen molar-refractivity contribution in [1.29, 1.82) is 0 Å². The lowest BCUT2D eigenvalue weighted by Gasteiger charge is -2.16. The van der Waals surface area contributed by atoms with Crippen LogP contribution in [-0.4, -0.2) is 32.1 Å². The monoisotopic (exact) mass is 337 g/mol. The Morgan fingerprint density at radius 1 is 1.16 bits per heavy atom. The molecule has 5 nitrogen and oxygen atoms in total. The number of anilines is 1. The van der Waals surface area contributed by atoms with E-state index in [4.69, 9.17) is 9.47 Å². The molecule has 2 aromatic rings. The summed E-state index contributed by atoms with van der Waals surface area (Å²) >= 11 is 0. The molecule has 0 fully saturated rings. The van der Waals surface area contributed by atoms with Gasteiger partial charge in [-0.2, -0.15) is 0 Å². The van der Waals surface area contributed by atoms with E-state index in [2.05, 4.69) is 0 Å². The molecule has 0 atom stereocenters. The topological polar surface area (TPSA) is 55.8 Å². The summed E-state index contributed by atoms with van der Waals surface area (Å²) in [5, 5.41) is 0. The molecular formula is C20H19NO4. The van der Waals surface area contributed by atoms with Crippen LogP contribution in [0.1, 0.15) is 11.1 Å². The Morgan fingerprint density at radius 3 is 2.84 bits per heavy atom. The van der Waals surface area contributed by atoms with Crippen molar-refractivity contribution in [2.45, 2.75) is 6.42 Å². The third-order valence-corrected chi connectivity index (χ3v) is 4.03. The van der Waals surface area contributed by atoms with E-state index in [0.29, 0.717) is 12.3 Å². The lowest BCUT2D eigenvalue weighted by atomic mass is 10.2. The summed E-state index contributed by atoms with van der Waals surface area (Å²) in [5.41, 5.74) is 2.85. The van der Waals surface area contributed by atoms with Crippen LogP contribution in [0.5, 0.6) is 5.75 Å². The summed E-state index contributed by atoms with van der Waals surface area (Å²) < 4.78 is 10.2. The number of carbonyl (C=O) groups is 2. The number of carbonyl (C=O) groups excluding carboxylic acids is 2. The van der Waals surface area contributed by atoms with Crippen molar-refractivity contribution in [2.75, 3.05) is 25.2 Å². The fourth-order valence-electron chi connectivity index (χ4n) is 2.77. The van der Waals surface area contributed by atoms with E-state index in [0.717, 1.165) is 23.2 Å². The van der Waals surface area contributed by atoms with E-state index in [1.807, 2.05) is 42.5 Å². The van der Waals surface area contributed by atoms with Crippen molar-refractivity contribution in [1.82, 2.24) is 0 Å². The van der Waals surface area contributed by atoms with Crippen LogP contribution >= 0.6 is 0 Å². The summed E-state index contributed by atoms with van der Waals surface area (Å²) in [6, 6.07) is 15.1. The maximum atomic E-state index is 12.3. The molecule has 0 saturated carbocycles. The zero-order chi connectivity index (χ0) is 17.6. The first-order valence-electron chi connectivity index (χ1n) is 8.04. The van der Waals surface area contributed by atoms with Crippen molar-refractivity contribution in [2.24, 2.45) is 0 Å². The van der Waals surface area contributed by atoms with Gasteiger partial charge >= 0.3 is 5.97 Å². The number of fused-ring (bicyclic) bond motifs is 1. The molecule has 2 aromatic carbocycles. The third-order valence-electron chi connectivity index (χ3n) is 4.03. The van der Waals surface area contributed by atoms with Gasteiger partial charge in [0, 0.05) is 18.3 Å². The van der Waals surface area contributed by atoms with Crippen LogP contribution in [0.15, 0.2) is 54.6 Å². The first kappa shape index (κ1) is 16.8. The summed E-state index contributed by atoms with van der Waals surface area (Å²) in [6.07, 6.45) is 3.76. The average Bonchev–Trinajstić information content (AvgIpc) is 3.09. The number of rotatable bonds is 5. The van der Waals surface area contributed by atoms with E-state index >= 15 is 0 Å². The Morgan fingerprint density at radius 2 is 2.00 bits per heavy atom. The lowest BCUT2D eigenvalue weighted by Crippen LogP contribution is -2.33. The second-order valence-corrected chi connectivity index (χ2v) is 5.64. The Bertz CT molecular complexity index is 813. The standard InChI is InChI=1S/C20H19NO4/c1-24-17-7-4-5-15(13-17)9-10-20(23)25-14-19(22)21-12-11-16-6-2-3-8-18(16)21/h2-10,13H,11-12,14H2,1H3. The number of nitrogens with zero attached hydrogens (tertiary/aromatic N) is 1. The van der Waals surface area contributed by atoms with Crippen molar-refractivity contribution < 1.29 is 19.1 Å². The van der Waals surface area contributed by atoms with Crippen LogP contribution < -0.4 is 9.64 Å². The summed E-state index contributed by atoms with van der Waals surface area (Å²) in [4.78, 5) is 25.8.